The highest BCUT2D eigenvalue weighted by molar-refractivity contribution is 8.00. The van der Waals surface area contributed by atoms with Crippen molar-refractivity contribution in [3.8, 4) is 0 Å². The predicted octanol–water partition coefficient (Wildman–Crippen LogP) is 2.95. The van der Waals surface area contributed by atoms with Crippen molar-refractivity contribution < 1.29 is 9.53 Å². The van der Waals surface area contributed by atoms with E-state index in [4.69, 9.17) is 16.3 Å². The van der Waals surface area contributed by atoms with Crippen LogP contribution in [-0.4, -0.2) is 36.8 Å². The lowest BCUT2D eigenvalue weighted by Gasteiger charge is -2.24. The molecule has 1 aromatic rings. The molecule has 18 heavy (non-hydrogen) atoms. The predicted molar refractivity (Wildman–Crippen MR) is 74.9 cm³/mol. The Morgan fingerprint density at radius 2 is 2.17 bits per heavy atom. The molecule has 1 heterocycles. The number of hydrogen-bond donors (Lipinski definition) is 0. The molecule has 1 fully saturated rings. The van der Waals surface area contributed by atoms with E-state index in [1.165, 1.54) is 0 Å². The Hall–Kier alpha value is -0.710. The van der Waals surface area contributed by atoms with Crippen LogP contribution in [-0.2, 0) is 9.53 Å². The normalized spacial score (nSPS) is 19.6. The van der Waals surface area contributed by atoms with Gasteiger partial charge in [-0.25, -0.2) is 0 Å². The number of carbonyl (C=O) groups excluding carboxylic acids is 1. The Morgan fingerprint density at radius 1 is 1.44 bits per heavy atom. The first-order valence-electron chi connectivity index (χ1n) is 5.88. The number of nitrogens with zero attached hydrogens (tertiary/aromatic N) is 1. The minimum Gasteiger partial charge on any atom is -0.385 e. The van der Waals surface area contributed by atoms with Crippen LogP contribution in [0.4, 0.5) is 0 Å². The standard InChI is InChI=1S/C13H16ClNO2S/c1-17-8-2-7-15-12(16)9-18-13(15)10-3-5-11(14)6-4-10/h3-6,13H,2,7-9H2,1H3. The van der Waals surface area contributed by atoms with Crippen LogP contribution in [0, 0.1) is 0 Å². The van der Waals surface area contributed by atoms with E-state index < -0.39 is 0 Å². The summed E-state index contributed by atoms with van der Waals surface area (Å²) in [6.45, 7) is 1.43. The molecule has 98 valence electrons. The summed E-state index contributed by atoms with van der Waals surface area (Å²) in [5, 5.41) is 0.839. The van der Waals surface area contributed by atoms with E-state index in [2.05, 4.69) is 0 Å². The molecular formula is C13H16ClNO2S. The molecule has 1 saturated heterocycles. The van der Waals surface area contributed by atoms with Gasteiger partial charge in [0.2, 0.25) is 5.91 Å². The fourth-order valence-electron chi connectivity index (χ4n) is 1.98. The van der Waals surface area contributed by atoms with Gasteiger partial charge in [0.05, 0.1) is 5.75 Å². The van der Waals surface area contributed by atoms with E-state index in [1.807, 2.05) is 29.2 Å². The van der Waals surface area contributed by atoms with E-state index in [-0.39, 0.29) is 11.3 Å². The third kappa shape index (κ3) is 3.19. The second-order valence-corrected chi connectivity index (χ2v) is 5.65. The fourth-order valence-corrected chi connectivity index (χ4v) is 3.32. The van der Waals surface area contributed by atoms with Gasteiger partial charge in [0.25, 0.3) is 0 Å². The van der Waals surface area contributed by atoms with Crippen LogP contribution in [0.1, 0.15) is 17.4 Å². The Labute approximate surface area is 116 Å². The molecular weight excluding hydrogens is 270 g/mol. The maximum absolute atomic E-state index is 11.9. The molecule has 0 N–H and O–H groups in total. The zero-order chi connectivity index (χ0) is 13.0. The number of carbonyl (C=O) groups is 1. The van der Waals surface area contributed by atoms with Gasteiger partial charge in [-0.1, -0.05) is 23.7 Å². The van der Waals surface area contributed by atoms with Gasteiger partial charge in [-0.3, -0.25) is 4.79 Å². The molecule has 3 nitrogen and oxygen atoms in total. The van der Waals surface area contributed by atoms with Crippen molar-refractivity contribution in [1.82, 2.24) is 4.90 Å². The zero-order valence-corrected chi connectivity index (χ0v) is 11.8. The Bertz CT molecular complexity index is 410. The van der Waals surface area contributed by atoms with E-state index in [9.17, 15) is 4.79 Å². The molecule has 0 bridgehead atoms. The summed E-state index contributed by atoms with van der Waals surface area (Å²) in [6.07, 6.45) is 0.868. The van der Waals surface area contributed by atoms with Crippen molar-refractivity contribution in [1.29, 1.82) is 0 Å². The molecule has 5 heteroatoms. The average molecular weight is 286 g/mol. The minimum atomic E-state index is 0.117. The molecule has 1 aliphatic heterocycles. The molecule has 0 spiro atoms. The van der Waals surface area contributed by atoms with Crippen LogP contribution >= 0.6 is 23.4 Å². The van der Waals surface area contributed by atoms with Gasteiger partial charge >= 0.3 is 0 Å². The van der Waals surface area contributed by atoms with Crippen LogP contribution in [0.5, 0.6) is 0 Å². The van der Waals surface area contributed by atoms with E-state index >= 15 is 0 Å². The second-order valence-electron chi connectivity index (χ2n) is 4.15. The quantitative estimate of drug-likeness (QED) is 0.779. The van der Waals surface area contributed by atoms with Crippen LogP contribution in [0.15, 0.2) is 24.3 Å². The van der Waals surface area contributed by atoms with E-state index in [1.54, 1.807) is 18.9 Å². The van der Waals surface area contributed by atoms with Crippen LogP contribution < -0.4 is 0 Å². The van der Waals surface area contributed by atoms with Crippen molar-refractivity contribution in [2.75, 3.05) is 26.0 Å². The summed E-state index contributed by atoms with van der Waals surface area (Å²) in [5.41, 5.74) is 1.13. The van der Waals surface area contributed by atoms with Crippen molar-refractivity contribution in [2.45, 2.75) is 11.8 Å². The molecule has 1 aromatic carbocycles. The van der Waals surface area contributed by atoms with Crippen molar-refractivity contribution in [2.24, 2.45) is 0 Å². The van der Waals surface area contributed by atoms with Gasteiger partial charge in [0.1, 0.15) is 5.37 Å². The highest BCUT2D eigenvalue weighted by Crippen LogP contribution is 2.38. The molecule has 1 atom stereocenters. The summed E-state index contributed by atoms with van der Waals surface area (Å²) in [6, 6.07) is 7.71. The molecule has 1 aliphatic rings. The average Bonchev–Trinajstić information content (AvgIpc) is 2.73. The third-order valence-corrected chi connectivity index (χ3v) is 4.38. The van der Waals surface area contributed by atoms with Crippen LogP contribution in [0.3, 0.4) is 0 Å². The van der Waals surface area contributed by atoms with Gasteiger partial charge < -0.3 is 9.64 Å². The first-order chi connectivity index (χ1) is 8.72. The maximum Gasteiger partial charge on any atom is 0.233 e. The molecule has 0 radical (unpaired) electrons. The van der Waals surface area contributed by atoms with Gasteiger partial charge in [0.15, 0.2) is 0 Å². The van der Waals surface area contributed by atoms with Crippen molar-refractivity contribution in [3.05, 3.63) is 34.9 Å². The first-order valence-corrected chi connectivity index (χ1v) is 7.30. The third-order valence-electron chi connectivity index (χ3n) is 2.87. The summed E-state index contributed by atoms with van der Waals surface area (Å²) >= 11 is 7.55. The minimum absolute atomic E-state index is 0.117. The Kier molecular flexibility index (Phi) is 4.92. The van der Waals surface area contributed by atoms with Gasteiger partial charge in [0, 0.05) is 25.3 Å². The summed E-state index contributed by atoms with van der Waals surface area (Å²) in [4.78, 5) is 13.8. The van der Waals surface area contributed by atoms with Crippen LogP contribution in [0.2, 0.25) is 5.02 Å². The smallest absolute Gasteiger partial charge is 0.233 e. The zero-order valence-electron chi connectivity index (χ0n) is 10.3. The van der Waals surface area contributed by atoms with Gasteiger partial charge in [-0.15, -0.1) is 11.8 Å². The SMILES string of the molecule is COCCCN1C(=O)CSC1c1ccc(Cl)cc1. The molecule has 0 aromatic heterocycles. The number of thioether (sulfide) groups is 1. The lowest BCUT2D eigenvalue weighted by molar-refractivity contribution is -0.128. The monoisotopic (exact) mass is 285 g/mol. The number of halogens is 1. The highest BCUT2D eigenvalue weighted by Gasteiger charge is 2.32. The van der Waals surface area contributed by atoms with Gasteiger partial charge in [-0.2, -0.15) is 0 Å². The number of benzene rings is 1. The summed E-state index contributed by atoms with van der Waals surface area (Å²) in [7, 11) is 1.68. The number of rotatable bonds is 5. The number of ether oxygens (including phenoxy) is 1. The highest BCUT2D eigenvalue weighted by atomic mass is 35.5. The molecule has 0 saturated carbocycles. The second kappa shape index (κ2) is 6.45. The van der Waals surface area contributed by atoms with Crippen molar-refractivity contribution in [3.63, 3.8) is 0 Å². The maximum atomic E-state index is 11.9. The van der Waals surface area contributed by atoms with E-state index in [0.717, 1.165) is 23.6 Å². The lowest BCUT2D eigenvalue weighted by Crippen LogP contribution is -2.29. The van der Waals surface area contributed by atoms with Crippen molar-refractivity contribution >= 4 is 29.3 Å². The van der Waals surface area contributed by atoms with E-state index in [0.29, 0.717) is 12.4 Å². The fraction of sp³-hybridized carbons (Fsp3) is 0.462. The molecule has 1 amide bonds. The lowest BCUT2D eigenvalue weighted by atomic mass is 10.2. The molecule has 0 aliphatic carbocycles. The molecule has 1 unspecified atom stereocenters. The Morgan fingerprint density at radius 3 is 2.83 bits per heavy atom. The van der Waals surface area contributed by atoms with Crippen LogP contribution in [0.25, 0.3) is 0 Å². The Balaban J connectivity index is 2.06. The largest absolute Gasteiger partial charge is 0.385 e. The molecule has 2 rings (SSSR count). The van der Waals surface area contributed by atoms with Gasteiger partial charge in [-0.05, 0) is 24.1 Å². The summed E-state index contributed by atoms with van der Waals surface area (Å²) < 4.78 is 5.03. The first kappa shape index (κ1) is 13.7. The number of amides is 1. The topological polar surface area (TPSA) is 29.5 Å². The number of hydrogen-bond acceptors (Lipinski definition) is 3. The summed E-state index contributed by atoms with van der Waals surface area (Å²) in [5.74, 6) is 0.761. The number of methoxy groups -OCH3 is 1.